The molecule has 39 heavy (non-hydrogen) atoms. The Kier molecular flexibility index (Phi) is 6.44. The normalized spacial score (nSPS) is 33.7. The summed E-state index contributed by atoms with van der Waals surface area (Å²) in [5, 5.41) is 10.8. The molecule has 0 bridgehead atoms. The minimum Gasteiger partial charge on any atom is -0.505 e. The molecule has 202 valence electrons. The second-order valence-corrected chi connectivity index (χ2v) is 13.1. The summed E-state index contributed by atoms with van der Waals surface area (Å²) in [6.45, 7) is 0. The summed E-state index contributed by atoms with van der Waals surface area (Å²) in [4.78, 5) is 52.7. The maximum Gasteiger partial charge on any atom is 0.254 e. The van der Waals surface area contributed by atoms with Crippen LogP contribution in [0.4, 0.5) is 10.1 Å². The zero-order chi connectivity index (χ0) is 28.0. The van der Waals surface area contributed by atoms with Crippen molar-refractivity contribution in [3.8, 4) is 5.75 Å². The van der Waals surface area contributed by atoms with Crippen molar-refractivity contribution in [3.63, 3.8) is 0 Å². The number of benzene rings is 2. The van der Waals surface area contributed by atoms with Crippen LogP contribution in [0.3, 0.4) is 0 Å². The van der Waals surface area contributed by atoms with Crippen molar-refractivity contribution in [1.82, 2.24) is 4.90 Å². The van der Waals surface area contributed by atoms with Gasteiger partial charge in [-0.3, -0.25) is 29.0 Å². The summed E-state index contributed by atoms with van der Waals surface area (Å²) in [5.74, 6) is -7.61. The van der Waals surface area contributed by atoms with Gasteiger partial charge in [0.1, 0.15) is 0 Å². The number of amides is 4. The molecule has 0 unspecified atom stereocenters. The molecule has 0 spiro atoms. The molecule has 7 nitrogen and oxygen atoms in total. The topological polar surface area (TPSA) is 95.0 Å². The van der Waals surface area contributed by atoms with Crippen LogP contribution in [0, 0.1) is 27.1 Å². The van der Waals surface area contributed by atoms with E-state index in [1.54, 1.807) is 30.3 Å². The third-order valence-corrected chi connectivity index (χ3v) is 11.1. The van der Waals surface area contributed by atoms with E-state index in [9.17, 15) is 28.7 Å². The van der Waals surface area contributed by atoms with Crippen LogP contribution in [-0.4, -0.2) is 48.8 Å². The Morgan fingerprint density at radius 2 is 1.72 bits per heavy atom. The van der Waals surface area contributed by atoms with E-state index in [1.165, 1.54) is 12.1 Å². The maximum atomic E-state index is 14.6. The Bertz CT molecular complexity index is 1510. The van der Waals surface area contributed by atoms with E-state index >= 15 is 0 Å². The number of hydrogen-bond donors (Lipinski definition) is 1. The third kappa shape index (κ3) is 3.50. The standard InChI is InChI=1S/C27H19BrCl2FIN2O5/c28-11-33-24(38)26(29)10-17-14(20(27(26,30)25(33)39)16-2-1-3-18(31)21(16)35)8-9-15-19(17)23(37)34(22(15)36)13-6-4-12(32)5-7-13/h1-8,15,17,19-20,35H,9-11H2/t15-,17+,19-,20+,26+,27-/m0/s1. The van der Waals surface area contributed by atoms with E-state index in [0.29, 0.717) is 11.3 Å². The monoisotopic (exact) mass is 746 g/mol. The van der Waals surface area contributed by atoms with Crippen LogP contribution in [0.1, 0.15) is 24.3 Å². The molecule has 6 atom stereocenters. The minimum atomic E-state index is -2.11. The molecule has 0 radical (unpaired) electrons. The first-order valence-electron chi connectivity index (χ1n) is 12.1. The van der Waals surface area contributed by atoms with Crippen molar-refractivity contribution < 1.29 is 28.7 Å². The smallest absolute Gasteiger partial charge is 0.254 e. The van der Waals surface area contributed by atoms with E-state index in [1.807, 2.05) is 0 Å². The van der Waals surface area contributed by atoms with Crippen molar-refractivity contribution in [2.45, 2.75) is 28.5 Å². The molecule has 2 heterocycles. The maximum absolute atomic E-state index is 14.6. The van der Waals surface area contributed by atoms with Gasteiger partial charge in [0.05, 0.1) is 23.0 Å². The lowest BCUT2D eigenvalue weighted by molar-refractivity contribution is -0.138. The molecule has 12 heteroatoms. The lowest BCUT2D eigenvalue weighted by Crippen LogP contribution is -2.60. The Hall–Kier alpha value is -2.02. The molecule has 2 aliphatic heterocycles. The van der Waals surface area contributed by atoms with E-state index in [0.717, 1.165) is 19.4 Å². The van der Waals surface area contributed by atoms with Crippen molar-refractivity contribution in [2.24, 2.45) is 17.8 Å². The minimum absolute atomic E-state index is 0.0201. The van der Waals surface area contributed by atoms with E-state index in [4.69, 9.17) is 23.2 Å². The number of para-hydroxylation sites is 1. The number of carbonyl (C=O) groups excluding carboxylic acids is 4. The molecule has 1 N–H and O–H groups in total. The molecule has 3 fully saturated rings. The number of likely N-dealkylation sites (tertiary alicyclic amines) is 1. The number of anilines is 1. The second kappa shape index (κ2) is 9.25. The van der Waals surface area contributed by atoms with Gasteiger partial charge in [-0.2, -0.15) is 0 Å². The predicted molar refractivity (Wildman–Crippen MR) is 153 cm³/mol. The summed E-state index contributed by atoms with van der Waals surface area (Å²) in [6.07, 6.45) is 1.71. The van der Waals surface area contributed by atoms with Gasteiger partial charge in [0.25, 0.3) is 11.8 Å². The molecule has 0 aromatic heterocycles. The highest BCUT2D eigenvalue weighted by Gasteiger charge is 2.76. The van der Waals surface area contributed by atoms with Gasteiger partial charge >= 0.3 is 0 Å². The molecule has 2 aromatic carbocycles. The largest absolute Gasteiger partial charge is 0.505 e. The summed E-state index contributed by atoms with van der Waals surface area (Å²) in [5.41, 5.74) is 0.713. The number of halogens is 5. The first-order valence-corrected chi connectivity index (χ1v) is 15.0. The fourth-order valence-electron chi connectivity index (χ4n) is 6.71. The molecule has 2 saturated heterocycles. The SMILES string of the molecule is O=C1[C@H]2[C@H](CC=C3[C@H]2C[C@@]2(Cl)C(=O)N(CBr)C(=O)[C@@]2(Cl)[C@H]3c2cccc(F)c2O)C(=O)N1c1ccc(I)cc1. The Balaban J connectivity index is 1.53. The molecule has 2 aromatic rings. The number of allylic oxidation sites excluding steroid dienone is 2. The van der Waals surface area contributed by atoms with Gasteiger partial charge in [-0.05, 0) is 71.7 Å². The second-order valence-electron chi connectivity index (χ2n) is 10.2. The van der Waals surface area contributed by atoms with E-state index in [2.05, 4.69) is 38.5 Å². The van der Waals surface area contributed by atoms with Crippen molar-refractivity contribution in [1.29, 1.82) is 0 Å². The van der Waals surface area contributed by atoms with Gasteiger partial charge in [0.2, 0.25) is 11.8 Å². The van der Waals surface area contributed by atoms with E-state index in [-0.39, 0.29) is 29.8 Å². The molecular weight excluding hydrogens is 729 g/mol. The Morgan fingerprint density at radius 1 is 1.03 bits per heavy atom. The zero-order valence-electron chi connectivity index (χ0n) is 19.9. The fraction of sp³-hybridized carbons (Fsp3) is 0.333. The summed E-state index contributed by atoms with van der Waals surface area (Å²) < 4.78 is 15.5. The highest BCUT2D eigenvalue weighted by molar-refractivity contribution is 14.1. The van der Waals surface area contributed by atoms with Crippen LogP contribution in [0.5, 0.6) is 5.75 Å². The van der Waals surface area contributed by atoms with Crippen molar-refractivity contribution >= 4 is 91.0 Å². The number of alkyl halides is 3. The van der Waals surface area contributed by atoms with E-state index < -0.39 is 62.7 Å². The third-order valence-electron chi connectivity index (χ3n) is 8.43. The summed E-state index contributed by atoms with van der Waals surface area (Å²) >= 11 is 19.5. The van der Waals surface area contributed by atoms with Gasteiger partial charge in [-0.15, -0.1) is 23.2 Å². The molecule has 1 saturated carbocycles. The van der Waals surface area contributed by atoms with Crippen LogP contribution < -0.4 is 4.90 Å². The molecular formula is C27H19BrCl2FIN2O5. The van der Waals surface area contributed by atoms with Crippen LogP contribution in [0.2, 0.25) is 0 Å². The molecule has 4 aliphatic rings. The number of rotatable bonds is 3. The highest BCUT2D eigenvalue weighted by Crippen LogP contribution is 2.66. The van der Waals surface area contributed by atoms with Crippen LogP contribution >= 0.6 is 61.7 Å². The van der Waals surface area contributed by atoms with Crippen LogP contribution in [-0.2, 0) is 19.2 Å². The first kappa shape index (κ1) is 27.2. The fourth-order valence-corrected chi connectivity index (χ4v) is 8.48. The van der Waals surface area contributed by atoms with Gasteiger partial charge in [-0.1, -0.05) is 39.7 Å². The van der Waals surface area contributed by atoms with Gasteiger partial charge < -0.3 is 5.11 Å². The first-order chi connectivity index (χ1) is 18.5. The van der Waals surface area contributed by atoms with Crippen LogP contribution in [0.25, 0.3) is 0 Å². The lowest BCUT2D eigenvalue weighted by atomic mass is 9.56. The number of phenolic OH excluding ortho intramolecular Hbond substituents is 1. The molecule has 6 rings (SSSR count). The van der Waals surface area contributed by atoms with Crippen LogP contribution in [0.15, 0.2) is 54.1 Å². The number of fused-ring (bicyclic) bond motifs is 4. The summed E-state index contributed by atoms with van der Waals surface area (Å²) in [7, 11) is 0. The number of carbonyl (C=O) groups is 4. The molecule has 4 amide bonds. The van der Waals surface area contributed by atoms with Crippen molar-refractivity contribution in [3.05, 3.63) is 69.1 Å². The average molecular weight is 748 g/mol. The quantitative estimate of drug-likeness (QED) is 0.156. The highest BCUT2D eigenvalue weighted by atomic mass is 127. The number of phenols is 1. The summed E-state index contributed by atoms with van der Waals surface area (Å²) in [6, 6.07) is 10.8. The number of hydrogen-bond acceptors (Lipinski definition) is 5. The average Bonchev–Trinajstić information content (AvgIpc) is 3.24. The van der Waals surface area contributed by atoms with Gasteiger partial charge in [-0.25, -0.2) is 4.39 Å². The molecule has 2 aliphatic carbocycles. The number of aromatic hydroxyl groups is 1. The predicted octanol–water partition coefficient (Wildman–Crippen LogP) is 5.05. The van der Waals surface area contributed by atoms with Crippen molar-refractivity contribution in [2.75, 3.05) is 10.4 Å². The zero-order valence-corrected chi connectivity index (χ0v) is 25.2. The Labute approximate surface area is 254 Å². The Morgan fingerprint density at radius 3 is 2.38 bits per heavy atom. The number of imide groups is 2. The lowest BCUT2D eigenvalue weighted by Gasteiger charge is -2.50. The van der Waals surface area contributed by atoms with Gasteiger partial charge in [0.15, 0.2) is 21.3 Å². The van der Waals surface area contributed by atoms with Gasteiger partial charge in [0, 0.05) is 15.1 Å². The number of nitrogens with zero attached hydrogens (tertiary/aromatic N) is 2.